The van der Waals surface area contributed by atoms with Crippen molar-refractivity contribution in [3.05, 3.63) is 32.7 Å². The zero-order valence-electron chi connectivity index (χ0n) is 6.80. The van der Waals surface area contributed by atoms with E-state index in [1.807, 2.05) is 24.3 Å². The van der Waals surface area contributed by atoms with Crippen molar-refractivity contribution in [3.8, 4) is 6.07 Å². The molecule has 0 aliphatic rings. The molecule has 68 valence electrons. The molecule has 2 nitrogen and oxygen atoms in total. The van der Waals surface area contributed by atoms with E-state index in [2.05, 4.69) is 31.9 Å². The Morgan fingerprint density at radius 3 is 2.62 bits per heavy atom. The van der Waals surface area contributed by atoms with Gasteiger partial charge in [0.25, 0.3) is 0 Å². The van der Waals surface area contributed by atoms with E-state index in [0.717, 1.165) is 14.5 Å². The number of hydrogen-bond acceptors (Lipinski definition) is 2. The zero-order chi connectivity index (χ0) is 9.84. The SMILES string of the molecule is N#CC[C@@H](N)c1ccc(Br)c(Br)c1. The Kier molecular flexibility index (Phi) is 3.91. The van der Waals surface area contributed by atoms with E-state index < -0.39 is 0 Å². The van der Waals surface area contributed by atoms with Gasteiger partial charge >= 0.3 is 0 Å². The quantitative estimate of drug-likeness (QED) is 0.912. The summed E-state index contributed by atoms with van der Waals surface area (Å²) in [5.41, 5.74) is 6.73. The summed E-state index contributed by atoms with van der Waals surface area (Å²) in [5.74, 6) is 0. The van der Waals surface area contributed by atoms with Crippen LogP contribution in [0.2, 0.25) is 0 Å². The van der Waals surface area contributed by atoms with Gasteiger partial charge in [-0.2, -0.15) is 5.26 Å². The number of nitriles is 1. The summed E-state index contributed by atoms with van der Waals surface area (Å²) < 4.78 is 1.94. The molecule has 0 radical (unpaired) electrons. The van der Waals surface area contributed by atoms with Gasteiger partial charge in [0, 0.05) is 15.0 Å². The van der Waals surface area contributed by atoms with Crippen molar-refractivity contribution >= 4 is 31.9 Å². The minimum absolute atomic E-state index is 0.200. The number of halogens is 2. The Morgan fingerprint density at radius 1 is 1.38 bits per heavy atom. The third-order valence-electron chi connectivity index (χ3n) is 1.68. The molecular weight excluding hydrogens is 296 g/mol. The number of nitrogens with two attached hydrogens (primary N) is 1. The number of nitrogens with zero attached hydrogens (tertiary/aromatic N) is 1. The molecule has 0 bridgehead atoms. The van der Waals surface area contributed by atoms with Crippen molar-refractivity contribution in [1.29, 1.82) is 5.26 Å². The topological polar surface area (TPSA) is 49.8 Å². The fourth-order valence-corrected chi connectivity index (χ4v) is 1.60. The van der Waals surface area contributed by atoms with Crippen LogP contribution in [0.1, 0.15) is 18.0 Å². The normalized spacial score (nSPS) is 12.2. The monoisotopic (exact) mass is 302 g/mol. The van der Waals surface area contributed by atoms with Crippen LogP contribution in [0.3, 0.4) is 0 Å². The lowest BCUT2D eigenvalue weighted by molar-refractivity contribution is 0.748. The standard InChI is InChI=1S/C9H8Br2N2/c10-7-2-1-6(5-8(7)11)9(13)3-4-12/h1-2,5,9H,3,13H2/t9-/m1/s1. The summed E-state index contributed by atoms with van der Waals surface area (Å²) in [4.78, 5) is 0. The highest BCUT2D eigenvalue weighted by Gasteiger charge is 2.06. The number of rotatable bonds is 2. The summed E-state index contributed by atoms with van der Waals surface area (Å²) in [5, 5.41) is 8.47. The Morgan fingerprint density at radius 2 is 2.08 bits per heavy atom. The molecule has 0 unspecified atom stereocenters. The highest BCUT2D eigenvalue weighted by molar-refractivity contribution is 9.13. The van der Waals surface area contributed by atoms with Crippen LogP contribution >= 0.6 is 31.9 Å². The van der Waals surface area contributed by atoms with Crippen LogP contribution in [0.15, 0.2) is 27.1 Å². The molecule has 13 heavy (non-hydrogen) atoms. The molecule has 1 aromatic carbocycles. The predicted octanol–water partition coefficient (Wildman–Crippen LogP) is 3.13. The van der Waals surface area contributed by atoms with Gasteiger partial charge in [0.05, 0.1) is 12.5 Å². The molecule has 0 spiro atoms. The lowest BCUT2D eigenvalue weighted by Gasteiger charge is -2.08. The molecule has 0 saturated carbocycles. The van der Waals surface area contributed by atoms with Gasteiger partial charge in [-0.25, -0.2) is 0 Å². The van der Waals surface area contributed by atoms with Crippen LogP contribution in [0, 0.1) is 11.3 Å². The Balaban J connectivity index is 2.91. The van der Waals surface area contributed by atoms with E-state index in [-0.39, 0.29) is 6.04 Å². The van der Waals surface area contributed by atoms with Crippen LogP contribution in [0.25, 0.3) is 0 Å². The lowest BCUT2D eigenvalue weighted by atomic mass is 10.1. The average molecular weight is 304 g/mol. The highest BCUT2D eigenvalue weighted by Crippen LogP contribution is 2.26. The van der Waals surface area contributed by atoms with Crippen LogP contribution in [-0.2, 0) is 0 Å². The maximum absolute atomic E-state index is 8.47. The lowest BCUT2D eigenvalue weighted by Crippen LogP contribution is -2.08. The Labute approximate surface area is 94.0 Å². The molecule has 0 aliphatic heterocycles. The van der Waals surface area contributed by atoms with Gasteiger partial charge in [-0.05, 0) is 49.6 Å². The van der Waals surface area contributed by atoms with Crippen molar-refractivity contribution < 1.29 is 0 Å². The van der Waals surface area contributed by atoms with Gasteiger partial charge < -0.3 is 5.73 Å². The maximum Gasteiger partial charge on any atom is 0.0641 e. The summed E-state index contributed by atoms with van der Waals surface area (Å²) in [7, 11) is 0. The van der Waals surface area contributed by atoms with Gasteiger partial charge in [0.15, 0.2) is 0 Å². The molecule has 1 rings (SSSR count). The van der Waals surface area contributed by atoms with Gasteiger partial charge in [-0.1, -0.05) is 6.07 Å². The molecule has 2 N–H and O–H groups in total. The first-order valence-corrected chi connectivity index (χ1v) is 5.31. The van der Waals surface area contributed by atoms with Gasteiger partial charge in [-0.15, -0.1) is 0 Å². The summed E-state index contributed by atoms with van der Waals surface area (Å²) in [6, 6.07) is 7.60. The molecule has 1 aromatic rings. The molecule has 1 atom stereocenters. The maximum atomic E-state index is 8.47. The summed E-state index contributed by atoms with van der Waals surface area (Å²) in [6.07, 6.45) is 0.341. The largest absolute Gasteiger partial charge is 0.323 e. The van der Waals surface area contributed by atoms with Crippen LogP contribution in [0.5, 0.6) is 0 Å². The first-order valence-electron chi connectivity index (χ1n) is 3.72. The van der Waals surface area contributed by atoms with E-state index >= 15 is 0 Å². The first-order chi connectivity index (χ1) is 6.15. The molecule has 0 heterocycles. The molecule has 0 saturated heterocycles. The number of hydrogen-bond donors (Lipinski definition) is 1. The summed E-state index contributed by atoms with van der Waals surface area (Å²) >= 11 is 6.74. The second-order valence-corrected chi connectivity index (χ2v) is 4.35. The van der Waals surface area contributed by atoms with Crippen molar-refractivity contribution in [2.24, 2.45) is 5.73 Å². The minimum atomic E-state index is -0.200. The Hall–Kier alpha value is -0.370. The predicted molar refractivity (Wildman–Crippen MR) is 59.0 cm³/mol. The second kappa shape index (κ2) is 4.75. The molecule has 0 aliphatic carbocycles. The minimum Gasteiger partial charge on any atom is -0.323 e. The smallest absolute Gasteiger partial charge is 0.0641 e. The number of benzene rings is 1. The van der Waals surface area contributed by atoms with Crippen molar-refractivity contribution in [3.63, 3.8) is 0 Å². The van der Waals surface area contributed by atoms with Crippen LogP contribution in [0.4, 0.5) is 0 Å². The zero-order valence-corrected chi connectivity index (χ0v) is 9.97. The highest BCUT2D eigenvalue weighted by atomic mass is 79.9. The summed E-state index contributed by atoms with van der Waals surface area (Å²) in [6.45, 7) is 0. The van der Waals surface area contributed by atoms with E-state index in [1.54, 1.807) is 0 Å². The van der Waals surface area contributed by atoms with E-state index in [4.69, 9.17) is 11.0 Å². The molecule has 0 aromatic heterocycles. The molecular formula is C9H8Br2N2. The van der Waals surface area contributed by atoms with E-state index in [1.165, 1.54) is 0 Å². The average Bonchev–Trinajstić information content (AvgIpc) is 2.10. The first kappa shape index (κ1) is 10.7. The Bertz CT molecular complexity index is 344. The van der Waals surface area contributed by atoms with E-state index in [9.17, 15) is 0 Å². The molecule has 0 amide bonds. The third-order valence-corrected chi connectivity index (χ3v) is 3.56. The van der Waals surface area contributed by atoms with Crippen LogP contribution < -0.4 is 5.73 Å². The van der Waals surface area contributed by atoms with Crippen molar-refractivity contribution in [1.82, 2.24) is 0 Å². The fraction of sp³-hybridized carbons (Fsp3) is 0.222. The second-order valence-electron chi connectivity index (χ2n) is 2.64. The van der Waals surface area contributed by atoms with Gasteiger partial charge in [0.2, 0.25) is 0 Å². The van der Waals surface area contributed by atoms with Crippen molar-refractivity contribution in [2.75, 3.05) is 0 Å². The fourth-order valence-electron chi connectivity index (χ4n) is 0.959. The third kappa shape index (κ3) is 2.80. The van der Waals surface area contributed by atoms with E-state index in [0.29, 0.717) is 6.42 Å². The van der Waals surface area contributed by atoms with Crippen molar-refractivity contribution in [2.45, 2.75) is 12.5 Å². The molecule has 4 heteroatoms. The molecule has 0 fully saturated rings. The van der Waals surface area contributed by atoms with Crippen LogP contribution in [-0.4, -0.2) is 0 Å². The van der Waals surface area contributed by atoms with Gasteiger partial charge in [0.1, 0.15) is 0 Å². The van der Waals surface area contributed by atoms with Gasteiger partial charge in [-0.3, -0.25) is 0 Å².